The van der Waals surface area contributed by atoms with E-state index >= 15 is 0 Å². The zero-order chi connectivity index (χ0) is 17.8. The first-order valence-electron chi connectivity index (χ1n) is 8.69. The van der Waals surface area contributed by atoms with Gasteiger partial charge in [-0.2, -0.15) is 0 Å². The highest BCUT2D eigenvalue weighted by Gasteiger charge is 2.25. The van der Waals surface area contributed by atoms with Crippen LogP contribution in [0, 0.1) is 0 Å². The van der Waals surface area contributed by atoms with Crippen molar-refractivity contribution in [2.24, 2.45) is 0 Å². The summed E-state index contributed by atoms with van der Waals surface area (Å²) in [6.07, 6.45) is 1.11. The molecule has 1 unspecified atom stereocenters. The Morgan fingerprint density at radius 2 is 2.04 bits per heavy atom. The van der Waals surface area contributed by atoms with E-state index in [0.717, 1.165) is 25.1 Å². The molecular formula is C18H27N3O4. The third kappa shape index (κ3) is 4.35. The Labute approximate surface area is 148 Å². The fourth-order valence-electron chi connectivity index (χ4n) is 3.27. The minimum absolute atomic E-state index is 0.0244. The van der Waals surface area contributed by atoms with E-state index in [1.54, 1.807) is 7.11 Å². The van der Waals surface area contributed by atoms with Crippen LogP contribution in [0.1, 0.15) is 12.0 Å². The normalized spacial score (nSPS) is 19.9. The van der Waals surface area contributed by atoms with Gasteiger partial charge in [0.1, 0.15) is 19.0 Å². The number of rotatable bonds is 6. The predicted octanol–water partition coefficient (Wildman–Crippen LogP) is 0.719. The van der Waals surface area contributed by atoms with Gasteiger partial charge in [-0.1, -0.05) is 0 Å². The molecule has 1 aromatic rings. The lowest BCUT2D eigenvalue weighted by Crippen LogP contribution is -2.38. The van der Waals surface area contributed by atoms with Crippen molar-refractivity contribution in [2.75, 3.05) is 54.1 Å². The molecule has 1 atom stereocenters. The van der Waals surface area contributed by atoms with Gasteiger partial charge >= 0.3 is 0 Å². The molecule has 0 radical (unpaired) electrons. The lowest BCUT2D eigenvalue weighted by molar-refractivity contribution is -0.122. The van der Waals surface area contributed by atoms with Crippen LogP contribution in [0.25, 0.3) is 0 Å². The van der Waals surface area contributed by atoms with Gasteiger partial charge in [0.2, 0.25) is 5.91 Å². The first-order chi connectivity index (χ1) is 12.1. The van der Waals surface area contributed by atoms with Crippen molar-refractivity contribution >= 4 is 5.91 Å². The Hall–Kier alpha value is -1.99. The smallest absolute Gasteiger partial charge is 0.234 e. The van der Waals surface area contributed by atoms with Crippen molar-refractivity contribution in [3.8, 4) is 17.2 Å². The molecule has 0 aromatic heterocycles. The fraction of sp³-hybridized carbons (Fsp3) is 0.611. The van der Waals surface area contributed by atoms with E-state index < -0.39 is 0 Å². The minimum atomic E-state index is 0.0244. The maximum atomic E-state index is 12.3. The number of hydrogen-bond acceptors (Lipinski definition) is 6. The van der Waals surface area contributed by atoms with Crippen LogP contribution in [0.3, 0.4) is 0 Å². The molecule has 2 aliphatic rings. The number of ether oxygens (including phenoxy) is 3. The molecule has 0 spiro atoms. The lowest BCUT2D eigenvalue weighted by atomic mass is 10.1. The second kappa shape index (κ2) is 7.93. The second-order valence-corrected chi connectivity index (χ2v) is 6.73. The lowest BCUT2D eigenvalue weighted by Gasteiger charge is -2.21. The SMILES string of the molecule is COc1cc2c(cc1CNC(=O)CN1CCC(N(C)C)C1)OCCO2. The molecule has 1 fully saturated rings. The van der Waals surface area contributed by atoms with Crippen LogP contribution in [0.4, 0.5) is 0 Å². The largest absolute Gasteiger partial charge is 0.496 e. The monoisotopic (exact) mass is 349 g/mol. The molecule has 2 heterocycles. The Morgan fingerprint density at radius 1 is 1.32 bits per heavy atom. The first-order valence-corrected chi connectivity index (χ1v) is 8.69. The molecule has 138 valence electrons. The second-order valence-electron chi connectivity index (χ2n) is 6.73. The fourth-order valence-corrected chi connectivity index (χ4v) is 3.27. The highest BCUT2D eigenvalue weighted by Crippen LogP contribution is 2.36. The third-order valence-electron chi connectivity index (χ3n) is 4.77. The number of carbonyl (C=O) groups is 1. The van der Waals surface area contributed by atoms with Crippen molar-refractivity contribution in [2.45, 2.75) is 19.0 Å². The van der Waals surface area contributed by atoms with Gasteiger partial charge in [-0.3, -0.25) is 9.69 Å². The molecule has 0 bridgehead atoms. The summed E-state index contributed by atoms with van der Waals surface area (Å²) in [5.74, 6) is 2.10. The van der Waals surface area contributed by atoms with Gasteiger partial charge in [-0.15, -0.1) is 0 Å². The zero-order valence-electron chi connectivity index (χ0n) is 15.2. The van der Waals surface area contributed by atoms with Gasteiger partial charge in [0.05, 0.1) is 13.7 Å². The van der Waals surface area contributed by atoms with Gasteiger partial charge in [0.25, 0.3) is 0 Å². The van der Waals surface area contributed by atoms with E-state index in [-0.39, 0.29) is 5.91 Å². The van der Waals surface area contributed by atoms with Crippen molar-refractivity contribution in [1.82, 2.24) is 15.1 Å². The summed E-state index contributed by atoms with van der Waals surface area (Å²) in [7, 11) is 5.78. The Bertz CT molecular complexity index is 621. The Kier molecular flexibility index (Phi) is 5.65. The third-order valence-corrected chi connectivity index (χ3v) is 4.77. The summed E-state index contributed by atoms with van der Waals surface area (Å²) < 4.78 is 16.6. The van der Waals surface area contributed by atoms with Gasteiger partial charge < -0.3 is 24.4 Å². The molecule has 0 saturated carbocycles. The first kappa shape index (κ1) is 17.8. The summed E-state index contributed by atoms with van der Waals surface area (Å²) in [6.45, 7) is 3.81. The van der Waals surface area contributed by atoms with Crippen molar-refractivity contribution in [3.05, 3.63) is 17.7 Å². The maximum absolute atomic E-state index is 12.3. The average Bonchev–Trinajstić information content (AvgIpc) is 3.07. The van der Waals surface area contributed by atoms with Crippen LogP contribution < -0.4 is 19.5 Å². The van der Waals surface area contributed by atoms with E-state index in [1.165, 1.54) is 0 Å². The average molecular weight is 349 g/mol. The van der Waals surface area contributed by atoms with E-state index in [0.29, 0.717) is 49.6 Å². The number of nitrogens with one attached hydrogen (secondary N) is 1. The molecule has 1 N–H and O–H groups in total. The summed E-state index contributed by atoms with van der Waals surface area (Å²) in [5.41, 5.74) is 0.882. The van der Waals surface area contributed by atoms with E-state index in [1.807, 2.05) is 12.1 Å². The number of likely N-dealkylation sites (N-methyl/N-ethyl adjacent to an activating group) is 1. The number of methoxy groups -OCH3 is 1. The Morgan fingerprint density at radius 3 is 2.68 bits per heavy atom. The van der Waals surface area contributed by atoms with Crippen LogP contribution in [0.15, 0.2) is 12.1 Å². The number of carbonyl (C=O) groups excluding carboxylic acids is 1. The topological polar surface area (TPSA) is 63.3 Å². The highest BCUT2D eigenvalue weighted by atomic mass is 16.6. The summed E-state index contributed by atoms with van der Waals surface area (Å²) in [6, 6.07) is 4.23. The van der Waals surface area contributed by atoms with Crippen LogP contribution in [0.2, 0.25) is 0 Å². The Balaban J connectivity index is 1.55. The molecule has 1 saturated heterocycles. The minimum Gasteiger partial charge on any atom is -0.496 e. The quantitative estimate of drug-likeness (QED) is 0.817. The predicted molar refractivity (Wildman–Crippen MR) is 94.4 cm³/mol. The molecule has 3 rings (SSSR count). The molecule has 2 aliphatic heterocycles. The molecule has 25 heavy (non-hydrogen) atoms. The van der Waals surface area contributed by atoms with E-state index in [9.17, 15) is 4.79 Å². The number of benzene rings is 1. The van der Waals surface area contributed by atoms with Crippen LogP contribution in [0.5, 0.6) is 17.2 Å². The summed E-state index contributed by atoms with van der Waals surface area (Å²) >= 11 is 0. The van der Waals surface area contributed by atoms with Crippen molar-refractivity contribution in [1.29, 1.82) is 0 Å². The van der Waals surface area contributed by atoms with E-state index in [2.05, 4.69) is 29.2 Å². The maximum Gasteiger partial charge on any atom is 0.234 e. The van der Waals surface area contributed by atoms with Crippen LogP contribution >= 0.6 is 0 Å². The summed E-state index contributed by atoms with van der Waals surface area (Å²) in [5, 5.41) is 2.98. The highest BCUT2D eigenvalue weighted by molar-refractivity contribution is 5.78. The number of hydrogen-bond donors (Lipinski definition) is 1. The van der Waals surface area contributed by atoms with Crippen molar-refractivity contribution in [3.63, 3.8) is 0 Å². The molecule has 0 aliphatic carbocycles. The van der Waals surface area contributed by atoms with Gasteiger partial charge in [0, 0.05) is 37.3 Å². The number of amides is 1. The standard InChI is InChI=1S/C18H27N3O4/c1-20(2)14-4-5-21(11-14)12-18(22)19-10-13-8-16-17(9-15(13)23-3)25-7-6-24-16/h8-9,14H,4-7,10-12H2,1-3H3,(H,19,22). The van der Waals surface area contributed by atoms with Gasteiger partial charge in [-0.25, -0.2) is 0 Å². The molecule has 1 amide bonds. The number of nitrogens with zero attached hydrogens (tertiary/aromatic N) is 2. The van der Waals surface area contributed by atoms with Crippen LogP contribution in [-0.4, -0.2) is 75.8 Å². The number of likely N-dealkylation sites (tertiary alicyclic amines) is 1. The zero-order valence-corrected chi connectivity index (χ0v) is 15.2. The van der Waals surface area contributed by atoms with Crippen molar-refractivity contribution < 1.29 is 19.0 Å². The van der Waals surface area contributed by atoms with Crippen LogP contribution in [-0.2, 0) is 11.3 Å². The van der Waals surface area contributed by atoms with Gasteiger partial charge in [0.15, 0.2) is 11.5 Å². The number of fused-ring (bicyclic) bond motifs is 1. The molecule has 7 heteroatoms. The molecule has 7 nitrogen and oxygen atoms in total. The molecular weight excluding hydrogens is 322 g/mol. The van der Waals surface area contributed by atoms with Gasteiger partial charge in [-0.05, 0) is 26.6 Å². The van der Waals surface area contributed by atoms with E-state index in [4.69, 9.17) is 14.2 Å². The molecule has 1 aromatic carbocycles. The summed E-state index contributed by atoms with van der Waals surface area (Å²) in [4.78, 5) is 16.7.